The van der Waals surface area contributed by atoms with Gasteiger partial charge in [0.25, 0.3) is 0 Å². The normalized spacial score (nSPS) is 12.5. The standard InChI is InChI=1S/C12H18BrNO2/c1-4-16-8-11(14-2)10-6-5-9(13)7-12(10)15-3/h5-7,11,14H,4,8H2,1-3H3. The Morgan fingerprint density at radius 2 is 2.19 bits per heavy atom. The summed E-state index contributed by atoms with van der Waals surface area (Å²) in [4.78, 5) is 0. The molecule has 0 fully saturated rings. The lowest BCUT2D eigenvalue weighted by Gasteiger charge is -2.19. The van der Waals surface area contributed by atoms with Crippen LogP contribution in [0.25, 0.3) is 0 Å². The monoisotopic (exact) mass is 287 g/mol. The fourth-order valence-electron chi connectivity index (χ4n) is 1.54. The molecule has 1 unspecified atom stereocenters. The Hall–Kier alpha value is -0.580. The van der Waals surface area contributed by atoms with Crippen LogP contribution >= 0.6 is 15.9 Å². The van der Waals surface area contributed by atoms with Crippen LogP contribution in [0.4, 0.5) is 0 Å². The minimum Gasteiger partial charge on any atom is -0.496 e. The van der Waals surface area contributed by atoms with Gasteiger partial charge in [0.05, 0.1) is 19.8 Å². The molecule has 90 valence electrons. The van der Waals surface area contributed by atoms with Crippen molar-refractivity contribution >= 4 is 15.9 Å². The summed E-state index contributed by atoms with van der Waals surface area (Å²) in [6.45, 7) is 3.35. The fourth-order valence-corrected chi connectivity index (χ4v) is 1.88. The lowest BCUT2D eigenvalue weighted by atomic mass is 10.1. The number of ether oxygens (including phenoxy) is 2. The third-order valence-electron chi connectivity index (χ3n) is 2.41. The lowest BCUT2D eigenvalue weighted by molar-refractivity contribution is 0.124. The van der Waals surface area contributed by atoms with Gasteiger partial charge in [-0.1, -0.05) is 22.0 Å². The van der Waals surface area contributed by atoms with E-state index in [0.717, 1.165) is 22.4 Å². The number of hydrogen-bond donors (Lipinski definition) is 1. The number of rotatable bonds is 6. The maximum absolute atomic E-state index is 5.44. The molecule has 1 rings (SSSR count). The highest BCUT2D eigenvalue weighted by molar-refractivity contribution is 9.10. The number of likely N-dealkylation sites (N-methyl/N-ethyl adjacent to an activating group) is 1. The molecule has 0 spiro atoms. The number of halogens is 1. The second kappa shape index (κ2) is 6.89. The first kappa shape index (κ1) is 13.5. The van der Waals surface area contributed by atoms with Crippen LogP contribution in [0.5, 0.6) is 5.75 Å². The van der Waals surface area contributed by atoms with Gasteiger partial charge in [0.1, 0.15) is 5.75 Å². The Morgan fingerprint density at radius 1 is 1.44 bits per heavy atom. The zero-order chi connectivity index (χ0) is 12.0. The van der Waals surface area contributed by atoms with Gasteiger partial charge < -0.3 is 14.8 Å². The first-order valence-corrected chi connectivity index (χ1v) is 6.10. The lowest BCUT2D eigenvalue weighted by Crippen LogP contribution is -2.22. The summed E-state index contributed by atoms with van der Waals surface area (Å²) in [7, 11) is 3.60. The maximum Gasteiger partial charge on any atom is 0.124 e. The van der Waals surface area contributed by atoms with Crippen LogP contribution in [-0.2, 0) is 4.74 Å². The highest BCUT2D eigenvalue weighted by Gasteiger charge is 2.14. The van der Waals surface area contributed by atoms with Gasteiger partial charge in [-0.25, -0.2) is 0 Å². The van der Waals surface area contributed by atoms with Crippen LogP contribution < -0.4 is 10.1 Å². The van der Waals surface area contributed by atoms with Crippen LogP contribution in [-0.4, -0.2) is 27.4 Å². The first-order valence-electron chi connectivity index (χ1n) is 5.31. The molecular weight excluding hydrogens is 270 g/mol. The minimum absolute atomic E-state index is 0.156. The van der Waals surface area contributed by atoms with Crippen molar-refractivity contribution in [2.24, 2.45) is 0 Å². The van der Waals surface area contributed by atoms with Crippen molar-refractivity contribution in [2.45, 2.75) is 13.0 Å². The Morgan fingerprint density at radius 3 is 2.75 bits per heavy atom. The van der Waals surface area contributed by atoms with Crippen molar-refractivity contribution in [2.75, 3.05) is 27.4 Å². The highest BCUT2D eigenvalue weighted by Crippen LogP contribution is 2.28. The Bertz CT molecular complexity index is 331. The van der Waals surface area contributed by atoms with Gasteiger partial charge in [0.2, 0.25) is 0 Å². The number of hydrogen-bond acceptors (Lipinski definition) is 3. The number of benzene rings is 1. The van der Waals surface area contributed by atoms with Crippen LogP contribution in [0.15, 0.2) is 22.7 Å². The Kier molecular flexibility index (Phi) is 5.80. The van der Waals surface area contributed by atoms with Crippen molar-refractivity contribution in [3.63, 3.8) is 0 Å². The molecule has 0 saturated heterocycles. The van der Waals surface area contributed by atoms with Crippen molar-refractivity contribution in [1.82, 2.24) is 5.32 Å². The fraction of sp³-hybridized carbons (Fsp3) is 0.500. The van der Waals surface area contributed by atoms with E-state index in [9.17, 15) is 0 Å². The van der Waals surface area contributed by atoms with Gasteiger partial charge in [0, 0.05) is 16.6 Å². The summed E-state index contributed by atoms with van der Waals surface area (Å²) in [5.74, 6) is 0.869. The summed E-state index contributed by atoms with van der Waals surface area (Å²) >= 11 is 3.43. The van der Waals surface area contributed by atoms with Crippen molar-refractivity contribution in [3.8, 4) is 5.75 Å². The van der Waals surface area contributed by atoms with Crippen molar-refractivity contribution in [1.29, 1.82) is 0 Å². The van der Waals surface area contributed by atoms with E-state index in [0.29, 0.717) is 6.61 Å². The molecule has 16 heavy (non-hydrogen) atoms. The Balaban J connectivity index is 2.90. The van der Waals surface area contributed by atoms with E-state index in [-0.39, 0.29) is 6.04 Å². The van der Waals surface area contributed by atoms with E-state index in [1.54, 1.807) is 7.11 Å². The third-order valence-corrected chi connectivity index (χ3v) is 2.90. The average Bonchev–Trinajstić information content (AvgIpc) is 2.31. The molecule has 0 aliphatic rings. The smallest absolute Gasteiger partial charge is 0.124 e. The molecular formula is C12H18BrNO2. The van der Waals surface area contributed by atoms with E-state index >= 15 is 0 Å². The topological polar surface area (TPSA) is 30.5 Å². The predicted octanol–water partition coefficient (Wildman–Crippen LogP) is 2.75. The molecule has 1 atom stereocenters. The molecule has 0 saturated carbocycles. The molecule has 4 heteroatoms. The van der Waals surface area contributed by atoms with Gasteiger partial charge in [-0.15, -0.1) is 0 Å². The van der Waals surface area contributed by atoms with Crippen LogP contribution in [0.3, 0.4) is 0 Å². The van der Waals surface area contributed by atoms with Gasteiger partial charge in [0.15, 0.2) is 0 Å². The second-order valence-corrected chi connectivity index (χ2v) is 4.30. The van der Waals surface area contributed by atoms with Gasteiger partial charge in [-0.05, 0) is 26.1 Å². The van der Waals surface area contributed by atoms with E-state index in [4.69, 9.17) is 9.47 Å². The van der Waals surface area contributed by atoms with E-state index < -0.39 is 0 Å². The molecule has 0 aromatic heterocycles. The second-order valence-electron chi connectivity index (χ2n) is 3.39. The molecule has 1 aromatic carbocycles. The third kappa shape index (κ3) is 3.47. The molecule has 1 N–H and O–H groups in total. The Labute approximate surface area is 105 Å². The molecule has 0 bridgehead atoms. The highest BCUT2D eigenvalue weighted by atomic mass is 79.9. The zero-order valence-corrected chi connectivity index (χ0v) is 11.5. The van der Waals surface area contributed by atoms with Gasteiger partial charge >= 0.3 is 0 Å². The summed E-state index contributed by atoms with van der Waals surface area (Å²) in [6.07, 6.45) is 0. The van der Waals surface area contributed by atoms with Crippen molar-refractivity contribution < 1.29 is 9.47 Å². The summed E-state index contributed by atoms with van der Waals surface area (Å²) in [5, 5.41) is 3.23. The number of nitrogens with one attached hydrogen (secondary N) is 1. The molecule has 1 aromatic rings. The van der Waals surface area contributed by atoms with E-state index in [2.05, 4.69) is 21.2 Å². The average molecular weight is 288 g/mol. The molecule has 3 nitrogen and oxygen atoms in total. The van der Waals surface area contributed by atoms with Crippen LogP contribution in [0.1, 0.15) is 18.5 Å². The molecule has 0 aliphatic heterocycles. The molecule has 0 heterocycles. The van der Waals surface area contributed by atoms with Gasteiger partial charge in [-0.3, -0.25) is 0 Å². The van der Waals surface area contributed by atoms with Gasteiger partial charge in [-0.2, -0.15) is 0 Å². The predicted molar refractivity (Wildman–Crippen MR) is 69.0 cm³/mol. The van der Waals surface area contributed by atoms with Crippen molar-refractivity contribution in [3.05, 3.63) is 28.2 Å². The quantitative estimate of drug-likeness (QED) is 0.873. The molecule has 0 radical (unpaired) electrons. The summed E-state index contributed by atoms with van der Waals surface area (Å²) in [5.41, 5.74) is 1.11. The molecule has 0 amide bonds. The maximum atomic E-state index is 5.44. The van der Waals surface area contributed by atoms with E-state index in [1.165, 1.54) is 0 Å². The SMILES string of the molecule is CCOCC(NC)c1ccc(Br)cc1OC. The summed E-state index contributed by atoms with van der Waals surface area (Å²) in [6, 6.07) is 6.17. The minimum atomic E-state index is 0.156. The largest absolute Gasteiger partial charge is 0.496 e. The summed E-state index contributed by atoms with van der Waals surface area (Å²) < 4.78 is 11.8. The molecule has 0 aliphatic carbocycles. The van der Waals surface area contributed by atoms with Crippen LogP contribution in [0.2, 0.25) is 0 Å². The first-order chi connectivity index (χ1) is 7.72. The number of methoxy groups -OCH3 is 1. The van der Waals surface area contributed by atoms with Crippen LogP contribution in [0, 0.1) is 0 Å². The zero-order valence-electron chi connectivity index (χ0n) is 9.92. The van der Waals surface area contributed by atoms with E-state index in [1.807, 2.05) is 32.2 Å².